The highest BCUT2D eigenvalue weighted by molar-refractivity contribution is 14.0. The van der Waals surface area contributed by atoms with Gasteiger partial charge in [0.15, 0.2) is 5.96 Å². The molecule has 0 aromatic heterocycles. The maximum absolute atomic E-state index is 12.4. The molecule has 8 heteroatoms. The molecule has 0 fully saturated rings. The predicted molar refractivity (Wildman–Crippen MR) is 104 cm³/mol. The van der Waals surface area contributed by atoms with Crippen LogP contribution in [0.3, 0.4) is 0 Å². The Hall–Kier alpha value is -1.16. The normalized spacial score (nSPS) is 11.4. The van der Waals surface area contributed by atoms with Gasteiger partial charge in [0.1, 0.15) is 5.75 Å². The predicted octanol–water partition coefficient (Wildman–Crippen LogP) is 2.91. The second-order valence-electron chi connectivity index (χ2n) is 5.00. The van der Waals surface area contributed by atoms with E-state index in [-0.39, 0.29) is 36.3 Å². The molecule has 0 radical (unpaired) electrons. The summed E-state index contributed by atoms with van der Waals surface area (Å²) < 4.78 is 29.3. The molecule has 0 aliphatic heterocycles. The first-order valence-corrected chi connectivity index (χ1v) is 7.80. The molecule has 0 atom stereocenters. The topological polar surface area (TPSA) is 48.9 Å². The zero-order chi connectivity index (χ0) is 17.1. The Bertz CT molecular complexity index is 489. The molecule has 0 aliphatic carbocycles. The summed E-state index contributed by atoms with van der Waals surface area (Å²) in [6.45, 7) is 4.86. The van der Waals surface area contributed by atoms with Crippen molar-refractivity contribution in [2.75, 3.05) is 33.2 Å². The van der Waals surface area contributed by atoms with Crippen LogP contribution >= 0.6 is 24.0 Å². The zero-order valence-corrected chi connectivity index (χ0v) is 16.7. The van der Waals surface area contributed by atoms with Crippen molar-refractivity contribution in [1.82, 2.24) is 15.5 Å². The fourth-order valence-corrected chi connectivity index (χ4v) is 1.87. The van der Waals surface area contributed by atoms with Crippen molar-refractivity contribution >= 4 is 29.9 Å². The van der Waals surface area contributed by atoms with Crippen molar-refractivity contribution in [3.8, 4) is 5.75 Å². The quantitative estimate of drug-likeness (QED) is 0.341. The molecule has 2 N–H and O–H groups in total. The van der Waals surface area contributed by atoms with E-state index in [9.17, 15) is 8.78 Å². The van der Waals surface area contributed by atoms with Gasteiger partial charge in [0, 0.05) is 25.2 Å². The molecule has 0 heterocycles. The average molecular weight is 456 g/mol. The fourth-order valence-electron chi connectivity index (χ4n) is 1.87. The molecule has 0 bridgehead atoms. The highest BCUT2D eigenvalue weighted by Crippen LogP contribution is 2.20. The van der Waals surface area contributed by atoms with Gasteiger partial charge in [-0.25, -0.2) is 4.99 Å². The largest absolute Gasteiger partial charge is 0.434 e. The van der Waals surface area contributed by atoms with Crippen LogP contribution in [0, 0.1) is 0 Å². The van der Waals surface area contributed by atoms with Gasteiger partial charge in [-0.15, -0.1) is 24.0 Å². The monoisotopic (exact) mass is 456 g/mol. The van der Waals surface area contributed by atoms with Gasteiger partial charge >= 0.3 is 6.61 Å². The molecule has 0 saturated heterocycles. The van der Waals surface area contributed by atoms with Gasteiger partial charge in [-0.2, -0.15) is 8.78 Å². The summed E-state index contributed by atoms with van der Waals surface area (Å²) in [4.78, 5) is 6.61. The number of likely N-dealkylation sites (N-methyl/N-ethyl adjacent to an activating group) is 1. The minimum atomic E-state index is -2.84. The highest BCUT2D eigenvalue weighted by atomic mass is 127. The van der Waals surface area contributed by atoms with E-state index in [1.54, 1.807) is 18.2 Å². The van der Waals surface area contributed by atoms with Crippen molar-refractivity contribution in [2.24, 2.45) is 4.99 Å². The van der Waals surface area contributed by atoms with Gasteiger partial charge in [-0.3, -0.25) is 0 Å². The van der Waals surface area contributed by atoms with E-state index in [0.29, 0.717) is 11.5 Å². The number of aliphatic imine (C=N–C) groups is 1. The van der Waals surface area contributed by atoms with Gasteiger partial charge in [0.2, 0.25) is 0 Å². The van der Waals surface area contributed by atoms with E-state index in [1.165, 1.54) is 6.07 Å². The van der Waals surface area contributed by atoms with Gasteiger partial charge in [0.25, 0.3) is 0 Å². The Morgan fingerprint density at radius 3 is 2.58 bits per heavy atom. The van der Waals surface area contributed by atoms with E-state index in [1.807, 2.05) is 14.0 Å². The van der Waals surface area contributed by atoms with E-state index < -0.39 is 6.61 Å². The number of alkyl halides is 2. The van der Waals surface area contributed by atoms with Crippen molar-refractivity contribution in [1.29, 1.82) is 0 Å². The van der Waals surface area contributed by atoms with Gasteiger partial charge in [0.05, 0.1) is 6.54 Å². The van der Waals surface area contributed by atoms with E-state index >= 15 is 0 Å². The van der Waals surface area contributed by atoms with Gasteiger partial charge in [-0.1, -0.05) is 25.1 Å². The Morgan fingerprint density at radius 2 is 1.96 bits per heavy atom. The summed E-state index contributed by atoms with van der Waals surface area (Å²) in [6.07, 6.45) is 0. The second-order valence-corrected chi connectivity index (χ2v) is 5.00. The average Bonchev–Trinajstić information content (AvgIpc) is 2.53. The second kappa shape index (κ2) is 13.2. The van der Waals surface area contributed by atoms with Crippen molar-refractivity contribution in [3.05, 3.63) is 29.8 Å². The lowest BCUT2D eigenvalue weighted by Gasteiger charge is -2.16. The molecule has 0 aliphatic rings. The summed E-state index contributed by atoms with van der Waals surface area (Å²) in [5.41, 5.74) is 0.621. The molecular weight excluding hydrogens is 429 g/mol. The number of rotatable bonds is 9. The number of para-hydroxylation sites is 1. The summed E-state index contributed by atoms with van der Waals surface area (Å²) >= 11 is 0. The maximum Gasteiger partial charge on any atom is 0.387 e. The molecule has 0 amide bonds. The lowest BCUT2D eigenvalue weighted by atomic mass is 10.2. The first kappa shape index (κ1) is 22.8. The van der Waals surface area contributed by atoms with E-state index in [0.717, 1.165) is 26.2 Å². The number of benzene rings is 1. The number of guanidine groups is 1. The first-order chi connectivity index (χ1) is 11.1. The maximum atomic E-state index is 12.4. The summed E-state index contributed by atoms with van der Waals surface area (Å²) in [6, 6.07) is 6.69. The van der Waals surface area contributed by atoms with Crippen molar-refractivity contribution in [2.45, 2.75) is 27.0 Å². The number of hydrogen-bond donors (Lipinski definition) is 2. The molecule has 0 spiro atoms. The van der Waals surface area contributed by atoms with E-state index in [2.05, 4.69) is 32.2 Å². The van der Waals surface area contributed by atoms with Crippen LogP contribution in [-0.2, 0) is 6.54 Å². The number of ether oxygens (including phenoxy) is 1. The molecule has 1 aromatic rings. The lowest BCUT2D eigenvalue weighted by Crippen LogP contribution is -2.40. The standard InChI is InChI=1S/C16H26F2N4O.HI/c1-4-19-16(20-10-11-22(3)5-2)21-12-13-8-6-7-9-14(13)23-15(17)18;/h6-9,15H,4-5,10-12H2,1-3H3,(H2,19,20,21);1H. The van der Waals surface area contributed by atoms with Crippen LogP contribution in [-0.4, -0.2) is 50.7 Å². The van der Waals surface area contributed by atoms with Crippen LogP contribution in [0.1, 0.15) is 19.4 Å². The van der Waals surface area contributed by atoms with Crippen LogP contribution in [0.4, 0.5) is 8.78 Å². The van der Waals surface area contributed by atoms with Crippen molar-refractivity contribution in [3.63, 3.8) is 0 Å². The third-order valence-corrected chi connectivity index (χ3v) is 3.27. The van der Waals surface area contributed by atoms with Crippen LogP contribution in [0.15, 0.2) is 29.3 Å². The zero-order valence-electron chi connectivity index (χ0n) is 14.4. The highest BCUT2D eigenvalue weighted by Gasteiger charge is 2.09. The van der Waals surface area contributed by atoms with Gasteiger partial charge in [-0.05, 0) is 26.6 Å². The molecule has 24 heavy (non-hydrogen) atoms. The Labute approximate surface area is 159 Å². The van der Waals surface area contributed by atoms with Crippen molar-refractivity contribution < 1.29 is 13.5 Å². The Morgan fingerprint density at radius 1 is 1.25 bits per heavy atom. The molecule has 0 saturated carbocycles. The number of halogens is 3. The molecule has 1 rings (SSSR count). The van der Waals surface area contributed by atoms with Crippen LogP contribution in [0.2, 0.25) is 0 Å². The smallest absolute Gasteiger partial charge is 0.387 e. The fraction of sp³-hybridized carbons (Fsp3) is 0.562. The molecular formula is C16H27F2IN4O. The molecule has 138 valence electrons. The molecule has 1 aromatic carbocycles. The molecule has 0 unspecified atom stereocenters. The number of nitrogens with zero attached hydrogens (tertiary/aromatic N) is 2. The summed E-state index contributed by atoms with van der Waals surface area (Å²) in [5.74, 6) is 0.816. The van der Waals surface area contributed by atoms with Crippen LogP contribution < -0.4 is 15.4 Å². The SMILES string of the molecule is CCNC(=NCc1ccccc1OC(F)F)NCCN(C)CC.I. The van der Waals surface area contributed by atoms with Crippen LogP contribution in [0.5, 0.6) is 5.75 Å². The summed E-state index contributed by atoms with van der Waals surface area (Å²) in [5, 5.41) is 6.36. The minimum absolute atomic E-state index is 0. The van der Waals surface area contributed by atoms with E-state index in [4.69, 9.17) is 0 Å². The molecule has 5 nitrogen and oxygen atoms in total. The minimum Gasteiger partial charge on any atom is -0.434 e. The Balaban J connectivity index is 0.00000529. The third kappa shape index (κ3) is 9.21. The third-order valence-electron chi connectivity index (χ3n) is 3.27. The number of hydrogen-bond acceptors (Lipinski definition) is 3. The van der Waals surface area contributed by atoms with Gasteiger partial charge < -0.3 is 20.3 Å². The lowest BCUT2D eigenvalue weighted by molar-refractivity contribution is -0.0504. The first-order valence-electron chi connectivity index (χ1n) is 7.80. The Kier molecular flexibility index (Phi) is 12.5. The van der Waals surface area contributed by atoms with Crippen LogP contribution in [0.25, 0.3) is 0 Å². The number of nitrogens with one attached hydrogen (secondary N) is 2. The summed E-state index contributed by atoms with van der Waals surface area (Å²) in [7, 11) is 2.05.